The normalized spacial score (nSPS) is 15.9. The molecule has 8 heteroatoms. The third-order valence-electron chi connectivity index (χ3n) is 4.02. The highest BCUT2D eigenvalue weighted by Gasteiger charge is 2.24. The Morgan fingerprint density at radius 3 is 2.54 bits per heavy atom. The summed E-state index contributed by atoms with van der Waals surface area (Å²) in [6.07, 6.45) is 3.15. The summed E-state index contributed by atoms with van der Waals surface area (Å²) in [6, 6.07) is 0. The van der Waals surface area contributed by atoms with Crippen LogP contribution in [0.1, 0.15) is 47.7 Å². The number of carbonyl (C=O) groups excluding carboxylic acids is 1. The molecule has 24 heavy (non-hydrogen) atoms. The van der Waals surface area contributed by atoms with Crippen LogP contribution in [0.4, 0.5) is 0 Å². The summed E-state index contributed by atoms with van der Waals surface area (Å²) >= 11 is 0. The van der Waals surface area contributed by atoms with Gasteiger partial charge in [0.1, 0.15) is 5.69 Å². The number of piperazine rings is 1. The zero-order chi connectivity index (χ0) is 17.1. The lowest BCUT2D eigenvalue weighted by Crippen LogP contribution is -2.48. The third-order valence-corrected chi connectivity index (χ3v) is 4.02. The van der Waals surface area contributed by atoms with Gasteiger partial charge < -0.3 is 9.42 Å². The van der Waals surface area contributed by atoms with Gasteiger partial charge in [-0.1, -0.05) is 19.0 Å². The molecule has 0 unspecified atom stereocenters. The topological polar surface area (TPSA) is 88.3 Å². The fourth-order valence-electron chi connectivity index (χ4n) is 2.53. The molecule has 3 rings (SSSR count). The maximum absolute atomic E-state index is 12.4. The van der Waals surface area contributed by atoms with E-state index in [0.29, 0.717) is 31.2 Å². The van der Waals surface area contributed by atoms with Crippen LogP contribution in [-0.4, -0.2) is 62.0 Å². The van der Waals surface area contributed by atoms with Crippen LogP contribution in [0.15, 0.2) is 16.9 Å². The number of amides is 1. The molecule has 2 aromatic rings. The van der Waals surface area contributed by atoms with Crippen LogP contribution in [0.2, 0.25) is 0 Å². The average Bonchev–Trinajstić information content (AvgIpc) is 3.04. The number of aromatic nitrogens is 4. The SMILES string of the molecule is Cc1cnc(C(=O)N2CCN(Cc3nc(C(C)C)no3)CC2)cn1. The number of carbonyl (C=O) groups is 1. The zero-order valence-corrected chi connectivity index (χ0v) is 14.3. The lowest BCUT2D eigenvalue weighted by molar-refractivity contribution is 0.0609. The Bertz CT molecular complexity index is 689. The summed E-state index contributed by atoms with van der Waals surface area (Å²) in [4.78, 5) is 29.1. The highest BCUT2D eigenvalue weighted by molar-refractivity contribution is 5.92. The minimum absolute atomic E-state index is 0.0676. The number of hydrogen-bond acceptors (Lipinski definition) is 7. The number of aryl methyl sites for hydroxylation is 1. The molecule has 0 aromatic carbocycles. The number of rotatable bonds is 4. The summed E-state index contributed by atoms with van der Waals surface area (Å²) in [5.41, 5.74) is 1.20. The molecule has 0 N–H and O–H groups in total. The summed E-state index contributed by atoms with van der Waals surface area (Å²) in [7, 11) is 0. The minimum atomic E-state index is -0.0676. The highest BCUT2D eigenvalue weighted by atomic mass is 16.5. The summed E-state index contributed by atoms with van der Waals surface area (Å²) < 4.78 is 5.28. The van der Waals surface area contributed by atoms with Gasteiger partial charge in [-0.2, -0.15) is 4.98 Å². The van der Waals surface area contributed by atoms with Crippen molar-refractivity contribution in [2.45, 2.75) is 33.2 Å². The quantitative estimate of drug-likeness (QED) is 0.833. The fraction of sp³-hybridized carbons (Fsp3) is 0.562. The van der Waals surface area contributed by atoms with Gasteiger partial charge in [-0.15, -0.1) is 0 Å². The van der Waals surface area contributed by atoms with Crippen molar-refractivity contribution in [3.8, 4) is 0 Å². The van der Waals surface area contributed by atoms with Crippen molar-refractivity contribution in [3.05, 3.63) is 35.5 Å². The smallest absolute Gasteiger partial charge is 0.274 e. The molecule has 0 spiro atoms. The second kappa shape index (κ2) is 7.04. The molecule has 0 bridgehead atoms. The molecule has 1 fully saturated rings. The van der Waals surface area contributed by atoms with Gasteiger partial charge in [-0.05, 0) is 6.92 Å². The predicted octanol–water partition coefficient (Wildman–Crippen LogP) is 1.25. The maximum atomic E-state index is 12.4. The van der Waals surface area contributed by atoms with Crippen LogP contribution in [0.3, 0.4) is 0 Å². The Kier molecular flexibility index (Phi) is 4.84. The zero-order valence-electron chi connectivity index (χ0n) is 14.3. The van der Waals surface area contributed by atoms with Crippen molar-refractivity contribution in [2.24, 2.45) is 0 Å². The second-order valence-corrected chi connectivity index (χ2v) is 6.31. The first-order chi connectivity index (χ1) is 11.5. The number of nitrogens with zero attached hydrogens (tertiary/aromatic N) is 6. The van der Waals surface area contributed by atoms with E-state index in [-0.39, 0.29) is 11.8 Å². The van der Waals surface area contributed by atoms with Crippen molar-refractivity contribution in [1.29, 1.82) is 0 Å². The van der Waals surface area contributed by atoms with E-state index in [1.165, 1.54) is 6.20 Å². The van der Waals surface area contributed by atoms with Gasteiger partial charge in [-0.25, -0.2) is 4.98 Å². The van der Waals surface area contributed by atoms with E-state index < -0.39 is 0 Å². The molecule has 0 saturated carbocycles. The molecule has 128 valence electrons. The molecular weight excluding hydrogens is 308 g/mol. The molecule has 0 atom stereocenters. The number of hydrogen-bond donors (Lipinski definition) is 0. The van der Waals surface area contributed by atoms with E-state index in [2.05, 4.69) is 25.0 Å². The first-order valence-electron chi connectivity index (χ1n) is 8.15. The van der Waals surface area contributed by atoms with Crippen molar-refractivity contribution >= 4 is 5.91 Å². The van der Waals surface area contributed by atoms with Crippen LogP contribution in [0.25, 0.3) is 0 Å². The average molecular weight is 330 g/mol. The Morgan fingerprint density at radius 1 is 1.21 bits per heavy atom. The van der Waals surface area contributed by atoms with E-state index in [1.54, 1.807) is 6.20 Å². The molecule has 1 saturated heterocycles. The molecule has 0 radical (unpaired) electrons. The highest BCUT2D eigenvalue weighted by Crippen LogP contribution is 2.13. The van der Waals surface area contributed by atoms with Gasteiger partial charge in [0.25, 0.3) is 5.91 Å². The largest absolute Gasteiger partial charge is 0.338 e. The van der Waals surface area contributed by atoms with Crippen LogP contribution < -0.4 is 0 Å². The predicted molar refractivity (Wildman–Crippen MR) is 86.3 cm³/mol. The lowest BCUT2D eigenvalue weighted by Gasteiger charge is -2.33. The van der Waals surface area contributed by atoms with Crippen molar-refractivity contribution in [2.75, 3.05) is 26.2 Å². The maximum Gasteiger partial charge on any atom is 0.274 e. The first kappa shape index (κ1) is 16.5. The van der Waals surface area contributed by atoms with Gasteiger partial charge in [0.05, 0.1) is 18.4 Å². The monoisotopic (exact) mass is 330 g/mol. The molecular formula is C16H22N6O2. The standard InChI is InChI=1S/C16H22N6O2/c1-11(2)15-19-14(24-20-15)10-21-4-6-22(7-5-21)16(23)13-9-17-12(3)8-18-13/h8-9,11H,4-7,10H2,1-3H3. The van der Waals surface area contributed by atoms with E-state index in [1.807, 2.05) is 25.7 Å². The van der Waals surface area contributed by atoms with Crippen LogP contribution in [0.5, 0.6) is 0 Å². The van der Waals surface area contributed by atoms with E-state index >= 15 is 0 Å². The van der Waals surface area contributed by atoms with Gasteiger partial charge in [0, 0.05) is 38.3 Å². The lowest BCUT2D eigenvalue weighted by atomic mass is 10.2. The molecule has 1 aliphatic rings. The second-order valence-electron chi connectivity index (χ2n) is 6.31. The fourth-order valence-corrected chi connectivity index (χ4v) is 2.53. The van der Waals surface area contributed by atoms with Gasteiger partial charge in [0.15, 0.2) is 5.82 Å². The summed E-state index contributed by atoms with van der Waals surface area (Å²) in [5, 5.41) is 3.98. The van der Waals surface area contributed by atoms with E-state index in [4.69, 9.17) is 4.52 Å². The first-order valence-corrected chi connectivity index (χ1v) is 8.15. The molecule has 8 nitrogen and oxygen atoms in total. The van der Waals surface area contributed by atoms with Crippen molar-refractivity contribution in [1.82, 2.24) is 29.9 Å². The molecule has 0 aliphatic carbocycles. The molecule has 3 heterocycles. The van der Waals surface area contributed by atoms with Crippen molar-refractivity contribution < 1.29 is 9.32 Å². The van der Waals surface area contributed by atoms with Crippen LogP contribution >= 0.6 is 0 Å². The van der Waals surface area contributed by atoms with Crippen LogP contribution in [0, 0.1) is 6.92 Å². The Morgan fingerprint density at radius 2 is 1.96 bits per heavy atom. The Hall–Kier alpha value is -2.35. The Labute approximate surface area is 140 Å². The van der Waals surface area contributed by atoms with Crippen molar-refractivity contribution in [3.63, 3.8) is 0 Å². The van der Waals surface area contributed by atoms with Gasteiger partial charge in [-0.3, -0.25) is 14.7 Å². The summed E-state index contributed by atoms with van der Waals surface area (Å²) in [5.74, 6) is 1.55. The molecule has 1 amide bonds. The molecule has 2 aromatic heterocycles. The van der Waals surface area contributed by atoms with Gasteiger partial charge >= 0.3 is 0 Å². The Balaban J connectivity index is 1.53. The molecule has 1 aliphatic heterocycles. The van der Waals surface area contributed by atoms with Gasteiger partial charge in [0.2, 0.25) is 5.89 Å². The van der Waals surface area contributed by atoms with Crippen LogP contribution in [-0.2, 0) is 6.54 Å². The van der Waals surface area contributed by atoms with E-state index in [9.17, 15) is 4.79 Å². The van der Waals surface area contributed by atoms with E-state index in [0.717, 1.165) is 24.6 Å². The minimum Gasteiger partial charge on any atom is -0.338 e. The summed E-state index contributed by atoms with van der Waals surface area (Å²) in [6.45, 7) is 9.38. The third kappa shape index (κ3) is 3.76.